The van der Waals surface area contributed by atoms with Crippen LogP contribution in [0.1, 0.15) is 17.2 Å². The highest BCUT2D eigenvalue weighted by atomic mass is 35.5. The van der Waals surface area contributed by atoms with Gasteiger partial charge in [-0.2, -0.15) is 0 Å². The highest BCUT2D eigenvalue weighted by molar-refractivity contribution is 6.30. The van der Waals surface area contributed by atoms with Gasteiger partial charge in [0.05, 0.1) is 13.2 Å². The van der Waals surface area contributed by atoms with E-state index in [9.17, 15) is 9.50 Å². The number of aliphatic hydroxyl groups excluding tert-OH is 1. The molecule has 0 heterocycles. The summed E-state index contributed by atoms with van der Waals surface area (Å²) in [6.07, 6.45) is -0.640. The third-order valence-corrected chi connectivity index (χ3v) is 3.13. The monoisotopic (exact) mass is 280 g/mol. The number of hydrogen-bond donors (Lipinski definition) is 1. The smallest absolute Gasteiger partial charge is 0.170 e. The molecule has 2 nitrogen and oxygen atoms in total. The number of halogens is 2. The van der Waals surface area contributed by atoms with Gasteiger partial charge in [0.2, 0.25) is 0 Å². The Bertz CT molecular complexity index is 572. The quantitative estimate of drug-likeness (QED) is 0.924. The van der Waals surface area contributed by atoms with E-state index in [0.29, 0.717) is 11.4 Å². The number of benzene rings is 2. The summed E-state index contributed by atoms with van der Waals surface area (Å²) in [6.45, 7) is 0. The maximum atomic E-state index is 14.0. The summed E-state index contributed by atoms with van der Waals surface area (Å²) in [5, 5.41) is 10.7. The van der Waals surface area contributed by atoms with Crippen LogP contribution in [-0.4, -0.2) is 12.2 Å². The Morgan fingerprint density at radius 2 is 2.00 bits per heavy atom. The first-order valence-electron chi connectivity index (χ1n) is 5.86. The van der Waals surface area contributed by atoms with Crippen molar-refractivity contribution in [1.29, 1.82) is 0 Å². The van der Waals surface area contributed by atoms with E-state index < -0.39 is 11.9 Å². The van der Waals surface area contributed by atoms with Gasteiger partial charge >= 0.3 is 0 Å². The first kappa shape index (κ1) is 13.8. The SMILES string of the molecule is COc1cccc(C(O)Cc2cccc(Cl)c2)c1F. The van der Waals surface area contributed by atoms with Crippen molar-refractivity contribution in [3.05, 3.63) is 64.4 Å². The van der Waals surface area contributed by atoms with Crippen LogP contribution in [-0.2, 0) is 6.42 Å². The molecule has 0 bridgehead atoms. The molecular weight excluding hydrogens is 267 g/mol. The summed E-state index contributed by atoms with van der Waals surface area (Å²) < 4.78 is 18.9. The molecule has 4 heteroatoms. The summed E-state index contributed by atoms with van der Waals surface area (Å²) in [7, 11) is 1.39. The largest absolute Gasteiger partial charge is 0.494 e. The van der Waals surface area contributed by atoms with E-state index in [4.69, 9.17) is 16.3 Å². The summed E-state index contributed by atoms with van der Waals surface area (Å²) in [5.74, 6) is -0.401. The van der Waals surface area contributed by atoms with Crippen LogP contribution in [0, 0.1) is 5.82 Å². The fourth-order valence-corrected chi connectivity index (χ4v) is 2.15. The molecule has 0 saturated heterocycles. The molecule has 19 heavy (non-hydrogen) atoms. The second-order valence-electron chi connectivity index (χ2n) is 4.21. The minimum atomic E-state index is -0.937. The molecule has 0 fully saturated rings. The molecule has 0 amide bonds. The van der Waals surface area contributed by atoms with Gasteiger partial charge < -0.3 is 9.84 Å². The van der Waals surface area contributed by atoms with Gasteiger partial charge in [0.15, 0.2) is 11.6 Å². The van der Waals surface area contributed by atoms with Crippen molar-refractivity contribution >= 4 is 11.6 Å². The summed E-state index contributed by atoms with van der Waals surface area (Å²) >= 11 is 5.88. The summed E-state index contributed by atoms with van der Waals surface area (Å²) in [6, 6.07) is 11.9. The molecule has 0 radical (unpaired) electrons. The first-order valence-corrected chi connectivity index (χ1v) is 6.24. The fraction of sp³-hybridized carbons (Fsp3) is 0.200. The van der Waals surface area contributed by atoms with Crippen molar-refractivity contribution in [2.24, 2.45) is 0 Å². The molecule has 0 spiro atoms. The maximum absolute atomic E-state index is 14.0. The molecule has 100 valence electrons. The van der Waals surface area contributed by atoms with Crippen LogP contribution in [0.25, 0.3) is 0 Å². The zero-order chi connectivity index (χ0) is 13.8. The normalized spacial score (nSPS) is 12.2. The molecule has 0 aromatic heterocycles. The molecule has 0 aliphatic heterocycles. The number of hydrogen-bond acceptors (Lipinski definition) is 2. The molecule has 1 N–H and O–H groups in total. The predicted octanol–water partition coefficient (Wildman–Crippen LogP) is 3.76. The maximum Gasteiger partial charge on any atom is 0.170 e. The number of rotatable bonds is 4. The number of ether oxygens (including phenoxy) is 1. The van der Waals surface area contributed by atoms with Gasteiger partial charge in [-0.3, -0.25) is 0 Å². The van der Waals surface area contributed by atoms with Crippen LogP contribution >= 0.6 is 11.6 Å². The molecule has 0 saturated carbocycles. The molecule has 1 unspecified atom stereocenters. The average Bonchev–Trinajstić information content (AvgIpc) is 2.39. The third-order valence-electron chi connectivity index (χ3n) is 2.89. The standard InChI is InChI=1S/C15H14ClFO2/c1-19-14-7-3-6-12(15(14)17)13(18)9-10-4-2-5-11(16)8-10/h2-8,13,18H,9H2,1H3. The average molecular weight is 281 g/mol. The predicted molar refractivity (Wildman–Crippen MR) is 73.1 cm³/mol. The van der Waals surface area contributed by atoms with Gasteiger partial charge in [0, 0.05) is 17.0 Å². The minimum absolute atomic E-state index is 0.127. The van der Waals surface area contributed by atoms with E-state index >= 15 is 0 Å². The van der Waals surface area contributed by atoms with Crippen LogP contribution in [0.5, 0.6) is 5.75 Å². The molecule has 2 aromatic rings. The highest BCUT2D eigenvalue weighted by Gasteiger charge is 2.16. The topological polar surface area (TPSA) is 29.5 Å². The Balaban J connectivity index is 2.23. The zero-order valence-electron chi connectivity index (χ0n) is 10.4. The zero-order valence-corrected chi connectivity index (χ0v) is 11.2. The third kappa shape index (κ3) is 3.25. The van der Waals surface area contributed by atoms with Crippen molar-refractivity contribution in [1.82, 2.24) is 0 Å². The van der Waals surface area contributed by atoms with Crippen LogP contribution < -0.4 is 4.74 Å². The lowest BCUT2D eigenvalue weighted by Crippen LogP contribution is -2.05. The van der Waals surface area contributed by atoms with Gasteiger partial charge in [0.25, 0.3) is 0 Å². The van der Waals surface area contributed by atoms with E-state index in [1.165, 1.54) is 13.2 Å². The Morgan fingerprint density at radius 1 is 1.26 bits per heavy atom. The van der Waals surface area contributed by atoms with E-state index in [-0.39, 0.29) is 11.3 Å². The van der Waals surface area contributed by atoms with E-state index in [2.05, 4.69) is 0 Å². The first-order chi connectivity index (χ1) is 9.11. The minimum Gasteiger partial charge on any atom is -0.494 e. The van der Waals surface area contributed by atoms with Gasteiger partial charge in [-0.1, -0.05) is 35.9 Å². The summed E-state index contributed by atoms with van der Waals surface area (Å²) in [5.41, 5.74) is 1.07. The second kappa shape index (κ2) is 6.04. The van der Waals surface area contributed by atoms with Crippen molar-refractivity contribution in [3.8, 4) is 5.75 Å². The van der Waals surface area contributed by atoms with Gasteiger partial charge in [-0.15, -0.1) is 0 Å². The van der Waals surface area contributed by atoms with Crippen molar-refractivity contribution < 1.29 is 14.2 Å². The fourth-order valence-electron chi connectivity index (χ4n) is 1.94. The number of aliphatic hydroxyl groups is 1. The lowest BCUT2D eigenvalue weighted by Gasteiger charge is -2.14. The highest BCUT2D eigenvalue weighted by Crippen LogP contribution is 2.27. The van der Waals surface area contributed by atoms with Gasteiger partial charge in [-0.25, -0.2) is 4.39 Å². The van der Waals surface area contributed by atoms with E-state index in [1.54, 1.807) is 30.3 Å². The van der Waals surface area contributed by atoms with Gasteiger partial charge in [-0.05, 0) is 23.8 Å². The van der Waals surface area contributed by atoms with Crippen molar-refractivity contribution in [3.63, 3.8) is 0 Å². The van der Waals surface area contributed by atoms with E-state index in [1.807, 2.05) is 6.07 Å². The van der Waals surface area contributed by atoms with Crippen LogP contribution in [0.3, 0.4) is 0 Å². The molecule has 1 atom stereocenters. The summed E-state index contributed by atoms with van der Waals surface area (Å²) in [4.78, 5) is 0. The second-order valence-corrected chi connectivity index (χ2v) is 4.65. The van der Waals surface area contributed by atoms with Gasteiger partial charge in [0.1, 0.15) is 0 Å². The molecule has 2 rings (SSSR count). The lowest BCUT2D eigenvalue weighted by atomic mass is 10.0. The van der Waals surface area contributed by atoms with Crippen LogP contribution in [0.4, 0.5) is 4.39 Å². The Labute approximate surface area is 116 Å². The molecular formula is C15H14ClFO2. The Hall–Kier alpha value is -1.58. The molecule has 0 aliphatic rings. The Morgan fingerprint density at radius 3 is 2.68 bits per heavy atom. The van der Waals surface area contributed by atoms with E-state index in [0.717, 1.165) is 5.56 Å². The number of methoxy groups -OCH3 is 1. The Kier molecular flexibility index (Phi) is 4.40. The lowest BCUT2D eigenvalue weighted by molar-refractivity contribution is 0.172. The molecule has 0 aliphatic carbocycles. The van der Waals surface area contributed by atoms with Crippen LogP contribution in [0.15, 0.2) is 42.5 Å². The molecule has 2 aromatic carbocycles. The van der Waals surface area contributed by atoms with Crippen molar-refractivity contribution in [2.45, 2.75) is 12.5 Å². The van der Waals surface area contributed by atoms with Crippen LogP contribution in [0.2, 0.25) is 5.02 Å². The van der Waals surface area contributed by atoms with Crippen molar-refractivity contribution in [2.75, 3.05) is 7.11 Å².